The lowest BCUT2D eigenvalue weighted by Crippen LogP contribution is -2.37. The largest absolute Gasteiger partial charge is 0.497 e. The summed E-state index contributed by atoms with van der Waals surface area (Å²) in [5.74, 6) is -0.137. The first-order valence-corrected chi connectivity index (χ1v) is 9.97. The summed E-state index contributed by atoms with van der Waals surface area (Å²) in [6.45, 7) is -0.364. The van der Waals surface area contributed by atoms with E-state index in [0.29, 0.717) is 17.7 Å². The van der Waals surface area contributed by atoms with Gasteiger partial charge in [0.1, 0.15) is 12.3 Å². The molecule has 1 aromatic carbocycles. The molecule has 2 rings (SSSR count). The van der Waals surface area contributed by atoms with Gasteiger partial charge in [-0.1, -0.05) is 0 Å². The van der Waals surface area contributed by atoms with Gasteiger partial charge in [0.15, 0.2) is 6.29 Å². The molecule has 2 aromatic rings. The Morgan fingerprint density at radius 1 is 1.19 bits per heavy atom. The van der Waals surface area contributed by atoms with Crippen LogP contribution < -0.4 is 4.74 Å². The lowest BCUT2D eigenvalue weighted by Gasteiger charge is -2.21. The molecule has 26 heavy (non-hydrogen) atoms. The maximum absolute atomic E-state index is 12.9. The van der Waals surface area contributed by atoms with Crippen LogP contribution in [0.1, 0.15) is 15.2 Å². The lowest BCUT2D eigenvalue weighted by atomic mass is 10.2. The maximum atomic E-state index is 12.9. The summed E-state index contributed by atoms with van der Waals surface area (Å²) in [5.41, 5.74) is 0.523. The second-order valence-corrected chi connectivity index (χ2v) is 8.20. The van der Waals surface area contributed by atoms with Gasteiger partial charge in [-0.05, 0) is 42.1 Å². The van der Waals surface area contributed by atoms with Crippen LogP contribution in [0.3, 0.4) is 0 Å². The molecule has 0 unspecified atom stereocenters. The molecule has 0 N–H and O–H groups in total. The predicted molar refractivity (Wildman–Crippen MR) is 97.2 cm³/mol. The van der Waals surface area contributed by atoms with E-state index in [4.69, 9.17) is 4.74 Å². The Labute approximate surface area is 156 Å². The SMILES string of the molecule is COC(=O)CN(CCc1sccc1C=O)S(=O)(=O)c1ccc(OC)cc1. The molecule has 0 saturated carbocycles. The van der Waals surface area contributed by atoms with Crippen molar-refractivity contribution in [2.45, 2.75) is 11.3 Å². The lowest BCUT2D eigenvalue weighted by molar-refractivity contribution is -0.140. The highest BCUT2D eigenvalue weighted by atomic mass is 32.2. The number of carbonyl (C=O) groups excluding carboxylic acids is 2. The first-order valence-electron chi connectivity index (χ1n) is 7.65. The molecule has 0 bridgehead atoms. The van der Waals surface area contributed by atoms with Gasteiger partial charge in [-0.2, -0.15) is 4.31 Å². The number of aldehydes is 1. The third kappa shape index (κ3) is 4.69. The normalized spacial score (nSPS) is 11.3. The summed E-state index contributed by atoms with van der Waals surface area (Å²) in [6.07, 6.45) is 1.05. The van der Waals surface area contributed by atoms with E-state index in [1.54, 1.807) is 11.4 Å². The molecule has 0 saturated heterocycles. The Hall–Kier alpha value is -2.23. The van der Waals surface area contributed by atoms with Crippen LogP contribution in [0.2, 0.25) is 0 Å². The Balaban J connectivity index is 2.26. The van der Waals surface area contributed by atoms with Crippen LogP contribution in [-0.4, -0.2) is 52.3 Å². The summed E-state index contributed by atoms with van der Waals surface area (Å²) in [7, 11) is -1.23. The van der Waals surface area contributed by atoms with Crippen molar-refractivity contribution in [3.63, 3.8) is 0 Å². The summed E-state index contributed by atoms with van der Waals surface area (Å²) in [6, 6.07) is 7.58. The number of methoxy groups -OCH3 is 2. The molecule has 0 amide bonds. The topological polar surface area (TPSA) is 90.0 Å². The Bertz CT molecular complexity index is 858. The van der Waals surface area contributed by atoms with Gasteiger partial charge in [0.2, 0.25) is 10.0 Å². The number of hydrogen-bond acceptors (Lipinski definition) is 7. The van der Waals surface area contributed by atoms with Crippen LogP contribution in [0, 0.1) is 0 Å². The van der Waals surface area contributed by atoms with Crippen molar-refractivity contribution in [2.24, 2.45) is 0 Å². The number of carbonyl (C=O) groups is 2. The molecule has 1 heterocycles. The zero-order valence-corrected chi connectivity index (χ0v) is 16.0. The first-order chi connectivity index (χ1) is 12.4. The van der Waals surface area contributed by atoms with Crippen molar-refractivity contribution >= 4 is 33.6 Å². The van der Waals surface area contributed by atoms with Crippen LogP contribution in [0.4, 0.5) is 0 Å². The molecule has 0 aliphatic carbocycles. The first kappa shape index (κ1) is 20.1. The van der Waals surface area contributed by atoms with E-state index >= 15 is 0 Å². The number of ether oxygens (including phenoxy) is 2. The average molecular weight is 397 g/mol. The number of hydrogen-bond donors (Lipinski definition) is 0. The number of benzene rings is 1. The van der Waals surface area contributed by atoms with Crippen LogP contribution in [-0.2, 0) is 26.0 Å². The van der Waals surface area contributed by atoms with Gasteiger partial charge in [-0.3, -0.25) is 9.59 Å². The molecular formula is C17H19NO6S2. The highest BCUT2D eigenvalue weighted by Gasteiger charge is 2.27. The minimum absolute atomic E-state index is 0.0454. The number of sulfonamides is 1. The standard InChI is InChI=1S/C17H19NO6S2/c1-23-14-3-5-15(6-4-14)26(21,22)18(11-17(20)24-2)9-7-16-13(12-19)8-10-25-16/h3-6,8,10,12H,7,9,11H2,1-2H3. The number of nitrogens with zero attached hydrogens (tertiary/aromatic N) is 1. The fourth-order valence-corrected chi connectivity index (χ4v) is 4.50. The van der Waals surface area contributed by atoms with Gasteiger partial charge >= 0.3 is 5.97 Å². The summed E-state index contributed by atoms with van der Waals surface area (Å²) < 4.78 is 36.5. The van der Waals surface area contributed by atoms with Crippen LogP contribution in [0.5, 0.6) is 5.75 Å². The molecular weight excluding hydrogens is 378 g/mol. The molecule has 7 nitrogen and oxygen atoms in total. The summed E-state index contributed by atoms with van der Waals surface area (Å²) in [5, 5.41) is 1.77. The van der Waals surface area contributed by atoms with Crippen molar-refractivity contribution in [3.05, 3.63) is 46.2 Å². The van der Waals surface area contributed by atoms with Crippen molar-refractivity contribution in [1.82, 2.24) is 4.31 Å². The minimum atomic E-state index is -3.91. The molecule has 0 aliphatic heterocycles. The highest BCUT2D eigenvalue weighted by molar-refractivity contribution is 7.89. The fourth-order valence-electron chi connectivity index (χ4n) is 2.27. The van der Waals surface area contributed by atoms with E-state index < -0.39 is 22.5 Å². The van der Waals surface area contributed by atoms with Crippen LogP contribution in [0.15, 0.2) is 40.6 Å². The van der Waals surface area contributed by atoms with E-state index in [1.807, 2.05) is 0 Å². The predicted octanol–water partition coefficient (Wildman–Crippen LogP) is 1.98. The van der Waals surface area contributed by atoms with E-state index in [1.165, 1.54) is 49.8 Å². The number of esters is 1. The zero-order chi connectivity index (χ0) is 19.2. The molecule has 140 valence electrons. The average Bonchev–Trinajstić information content (AvgIpc) is 3.12. The maximum Gasteiger partial charge on any atom is 0.321 e. The molecule has 9 heteroatoms. The van der Waals surface area contributed by atoms with Crippen molar-refractivity contribution in [1.29, 1.82) is 0 Å². The third-order valence-electron chi connectivity index (χ3n) is 3.73. The van der Waals surface area contributed by atoms with Crippen LogP contribution in [0.25, 0.3) is 0 Å². The highest BCUT2D eigenvalue weighted by Crippen LogP contribution is 2.21. The Morgan fingerprint density at radius 2 is 1.88 bits per heavy atom. The quantitative estimate of drug-likeness (QED) is 0.475. The second-order valence-electron chi connectivity index (χ2n) is 5.26. The molecule has 0 aliphatic rings. The van der Waals surface area contributed by atoms with Gasteiger partial charge < -0.3 is 9.47 Å². The van der Waals surface area contributed by atoms with Crippen molar-refractivity contribution < 1.29 is 27.5 Å². The molecule has 0 fully saturated rings. The van der Waals surface area contributed by atoms with Gasteiger partial charge in [0, 0.05) is 17.0 Å². The second kappa shape index (κ2) is 8.93. The van der Waals surface area contributed by atoms with Crippen molar-refractivity contribution in [3.8, 4) is 5.75 Å². The molecule has 1 aromatic heterocycles. The molecule has 0 radical (unpaired) electrons. The summed E-state index contributed by atoms with van der Waals surface area (Å²) in [4.78, 5) is 23.5. The Morgan fingerprint density at radius 3 is 2.46 bits per heavy atom. The van der Waals surface area contributed by atoms with E-state index in [-0.39, 0.29) is 11.4 Å². The molecule has 0 atom stereocenters. The van der Waals surface area contributed by atoms with Crippen LogP contribution >= 0.6 is 11.3 Å². The van der Waals surface area contributed by atoms with Crippen molar-refractivity contribution in [2.75, 3.05) is 27.3 Å². The zero-order valence-electron chi connectivity index (χ0n) is 14.4. The Kier molecular flexibility index (Phi) is 6.90. The van der Waals surface area contributed by atoms with Gasteiger partial charge in [0.25, 0.3) is 0 Å². The third-order valence-corrected chi connectivity index (χ3v) is 6.58. The molecule has 0 spiro atoms. The number of thiophene rings is 1. The summed E-state index contributed by atoms with van der Waals surface area (Å²) >= 11 is 1.37. The van der Waals surface area contributed by atoms with E-state index in [9.17, 15) is 18.0 Å². The minimum Gasteiger partial charge on any atom is -0.497 e. The van der Waals surface area contributed by atoms with E-state index in [0.717, 1.165) is 15.5 Å². The van der Waals surface area contributed by atoms with Gasteiger partial charge in [0.05, 0.1) is 19.1 Å². The smallest absolute Gasteiger partial charge is 0.321 e. The van der Waals surface area contributed by atoms with E-state index in [2.05, 4.69) is 4.74 Å². The number of rotatable bonds is 9. The van der Waals surface area contributed by atoms with Gasteiger partial charge in [-0.15, -0.1) is 11.3 Å². The fraction of sp³-hybridized carbons (Fsp3) is 0.294. The van der Waals surface area contributed by atoms with Gasteiger partial charge in [-0.25, -0.2) is 8.42 Å². The monoisotopic (exact) mass is 397 g/mol.